The number of rotatable bonds is 6. The van der Waals surface area contributed by atoms with Crippen molar-refractivity contribution < 1.29 is 0 Å². The van der Waals surface area contributed by atoms with Crippen LogP contribution in [-0.2, 0) is 6.42 Å². The molecule has 1 aliphatic rings. The molecule has 1 heterocycles. The van der Waals surface area contributed by atoms with Gasteiger partial charge in [0, 0.05) is 24.3 Å². The van der Waals surface area contributed by atoms with Gasteiger partial charge in [0.2, 0.25) is 0 Å². The molecule has 0 saturated carbocycles. The molecule has 2 rings (SSSR count). The van der Waals surface area contributed by atoms with Gasteiger partial charge in [-0.1, -0.05) is 18.2 Å². The Bertz CT molecular complexity index is 356. The highest BCUT2D eigenvalue weighted by atomic mass is 32.2. The second kappa shape index (κ2) is 6.48. The molecule has 1 aliphatic heterocycles. The topological polar surface area (TPSA) is 15.3 Å². The number of hydrogen-bond acceptors (Lipinski definition) is 3. The van der Waals surface area contributed by atoms with Gasteiger partial charge in [-0.15, -0.1) is 0 Å². The normalized spacial score (nSPS) is 19.7. The Labute approximate surface area is 115 Å². The van der Waals surface area contributed by atoms with Gasteiger partial charge in [0.15, 0.2) is 0 Å². The van der Waals surface area contributed by atoms with Crippen molar-refractivity contribution in [3.8, 4) is 0 Å². The zero-order valence-electron chi connectivity index (χ0n) is 11.6. The zero-order chi connectivity index (χ0) is 13.0. The summed E-state index contributed by atoms with van der Waals surface area (Å²) < 4.78 is 0. The van der Waals surface area contributed by atoms with Crippen LogP contribution in [0.5, 0.6) is 0 Å². The predicted molar refractivity (Wildman–Crippen MR) is 82.6 cm³/mol. The van der Waals surface area contributed by atoms with Crippen LogP contribution in [0.4, 0.5) is 5.69 Å². The van der Waals surface area contributed by atoms with Crippen molar-refractivity contribution in [1.82, 2.24) is 4.90 Å². The summed E-state index contributed by atoms with van der Waals surface area (Å²) in [6.07, 6.45) is 4.62. The van der Waals surface area contributed by atoms with Crippen molar-refractivity contribution in [3.63, 3.8) is 0 Å². The summed E-state index contributed by atoms with van der Waals surface area (Å²) in [5.41, 5.74) is 2.79. The molecule has 100 valence electrons. The number of benzene rings is 1. The number of likely N-dealkylation sites (N-methyl/N-ethyl adjacent to an activating group) is 1. The van der Waals surface area contributed by atoms with Crippen molar-refractivity contribution in [2.45, 2.75) is 31.8 Å². The minimum atomic E-state index is 0.573. The lowest BCUT2D eigenvalue weighted by Crippen LogP contribution is -2.38. The van der Waals surface area contributed by atoms with Gasteiger partial charge in [0.25, 0.3) is 0 Å². The van der Waals surface area contributed by atoms with E-state index in [1.165, 1.54) is 23.4 Å². The van der Waals surface area contributed by atoms with Gasteiger partial charge in [-0.05, 0) is 50.5 Å². The minimum absolute atomic E-state index is 0.573. The molecule has 2 nitrogen and oxygen atoms in total. The van der Waals surface area contributed by atoms with Crippen molar-refractivity contribution in [3.05, 3.63) is 29.8 Å². The Morgan fingerprint density at radius 3 is 2.94 bits per heavy atom. The van der Waals surface area contributed by atoms with Gasteiger partial charge in [0.1, 0.15) is 0 Å². The molecule has 0 aromatic heterocycles. The number of thioether (sulfide) groups is 1. The first kappa shape index (κ1) is 13.8. The van der Waals surface area contributed by atoms with Crippen molar-refractivity contribution in [1.29, 1.82) is 0 Å². The monoisotopic (exact) mass is 264 g/mol. The summed E-state index contributed by atoms with van der Waals surface area (Å²) in [4.78, 5) is 2.49. The summed E-state index contributed by atoms with van der Waals surface area (Å²) in [6, 6.07) is 9.91. The van der Waals surface area contributed by atoms with E-state index in [0.29, 0.717) is 12.1 Å². The maximum Gasteiger partial charge on any atom is 0.0429 e. The highest BCUT2D eigenvalue weighted by molar-refractivity contribution is 7.98. The van der Waals surface area contributed by atoms with E-state index < -0.39 is 0 Å². The molecule has 2 unspecified atom stereocenters. The Hall–Kier alpha value is -0.670. The lowest BCUT2D eigenvalue weighted by atomic mass is 10.1. The predicted octanol–water partition coefficient (Wildman–Crippen LogP) is 3.10. The van der Waals surface area contributed by atoms with Crippen molar-refractivity contribution >= 4 is 17.4 Å². The minimum Gasteiger partial charge on any atom is -0.380 e. The summed E-state index contributed by atoms with van der Waals surface area (Å²) >= 11 is 1.94. The third-order valence-electron chi connectivity index (χ3n) is 3.84. The Balaban J connectivity index is 1.82. The molecule has 2 atom stereocenters. The van der Waals surface area contributed by atoms with Crippen molar-refractivity contribution in [2.24, 2.45) is 0 Å². The van der Waals surface area contributed by atoms with Crippen LogP contribution in [0.1, 0.15) is 18.9 Å². The standard InChI is InChI=1S/C15H24N2S/c1-12(8-9-18-3)17(2)11-14-10-13-6-4-5-7-15(13)16-14/h4-7,12,14,16H,8-11H2,1-3H3. The molecular weight excluding hydrogens is 240 g/mol. The fourth-order valence-electron chi connectivity index (χ4n) is 2.52. The summed E-state index contributed by atoms with van der Waals surface area (Å²) in [5, 5.41) is 3.63. The summed E-state index contributed by atoms with van der Waals surface area (Å²) in [6.45, 7) is 3.46. The summed E-state index contributed by atoms with van der Waals surface area (Å²) in [7, 11) is 2.25. The third-order valence-corrected chi connectivity index (χ3v) is 4.49. The quantitative estimate of drug-likeness (QED) is 0.850. The number of nitrogens with zero attached hydrogens (tertiary/aromatic N) is 1. The van der Waals surface area contributed by atoms with E-state index in [4.69, 9.17) is 0 Å². The highest BCUT2D eigenvalue weighted by Gasteiger charge is 2.22. The van der Waals surface area contributed by atoms with Crippen LogP contribution in [0.15, 0.2) is 24.3 Å². The molecule has 0 bridgehead atoms. The van der Waals surface area contributed by atoms with Gasteiger partial charge >= 0.3 is 0 Å². The Kier molecular flexibility index (Phi) is 4.95. The van der Waals surface area contributed by atoms with Crippen LogP contribution in [-0.4, -0.2) is 42.6 Å². The molecule has 1 aromatic rings. The van der Waals surface area contributed by atoms with Crippen LogP contribution in [0.25, 0.3) is 0 Å². The average molecular weight is 264 g/mol. The highest BCUT2D eigenvalue weighted by Crippen LogP contribution is 2.25. The molecule has 1 aromatic carbocycles. The number of para-hydroxylation sites is 1. The lowest BCUT2D eigenvalue weighted by molar-refractivity contribution is 0.244. The molecular formula is C15H24N2S. The van der Waals surface area contributed by atoms with Crippen LogP contribution in [0.3, 0.4) is 0 Å². The number of nitrogens with one attached hydrogen (secondary N) is 1. The molecule has 0 aliphatic carbocycles. The van der Waals surface area contributed by atoms with E-state index in [2.05, 4.69) is 54.7 Å². The first-order valence-electron chi connectivity index (χ1n) is 6.74. The average Bonchev–Trinajstić information content (AvgIpc) is 2.77. The maximum absolute atomic E-state index is 3.63. The van der Waals surface area contributed by atoms with Crippen LogP contribution in [0, 0.1) is 0 Å². The molecule has 3 heteroatoms. The fraction of sp³-hybridized carbons (Fsp3) is 0.600. The third kappa shape index (κ3) is 3.42. The smallest absolute Gasteiger partial charge is 0.0429 e. The van der Waals surface area contributed by atoms with Crippen molar-refractivity contribution in [2.75, 3.05) is 30.9 Å². The van der Waals surface area contributed by atoms with Crippen LogP contribution < -0.4 is 5.32 Å². The zero-order valence-corrected chi connectivity index (χ0v) is 12.5. The molecule has 0 fully saturated rings. The molecule has 0 spiro atoms. The Morgan fingerprint density at radius 1 is 1.44 bits per heavy atom. The number of fused-ring (bicyclic) bond motifs is 1. The van der Waals surface area contributed by atoms with Crippen LogP contribution >= 0.6 is 11.8 Å². The van der Waals surface area contributed by atoms with E-state index in [9.17, 15) is 0 Å². The Morgan fingerprint density at radius 2 is 2.22 bits per heavy atom. The van der Waals surface area contributed by atoms with Gasteiger partial charge in [0.05, 0.1) is 0 Å². The fourth-order valence-corrected chi connectivity index (χ4v) is 3.10. The number of hydrogen-bond donors (Lipinski definition) is 1. The lowest BCUT2D eigenvalue weighted by Gasteiger charge is -2.27. The maximum atomic E-state index is 3.63. The first-order valence-corrected chi connectivity index (χ1v) is 8.13. The van der Waals surface area contributed by atoms with Crippen LogP contribution in [0.2, 0.25) is 0 Å². The molecule has 0 amide bonds. The van der Waals surface area contributed by atoms with Gasteiger partial charge in [-0.3, -0.25) is 0 Å². The largest absolute Gasteiger partial charge is 0.380 e. The first-order chi connectivity index (χ1) is 8.70. The summed E-state index contributed by atoms with van der Waals surface area (Å²) in [5.74, 6) is 1.25. The van der Waals surface area contributed by atoms with E-state index in [-0.39, 0.29) is 0 Å². The van der Waals surface area contributed by atoms with E-state index >= 15 is 0 Å². The molecule has 0 saturated heterocycles. The van der Waals surface area contributed by atoms with Gasteiger partial charge in [-0.25, -0.2) is 0 Å². The molecule has 0 radical (unpaired) electrons. The molecule has 1 N–H and O–H groups in total. The van der Waals surface area contributed by atoms with E-state index in [0.717, 1.165) is 13.0 Å². The molecule has 18 heavy (non-hydrogen) atoms. The van der Waals surface area contributed by atoms with Gasteiger partial charge < -0.3 is 10.2 Å². The van der Waals surface area contributed by atoms with E-state index in [1.54, 1.807) is 0 Å². The SMILES string of the molecule is CSCCC(C)N(C)CC1Cc2ccccc2N1. The number of anilines is 1. The van der Waals surface area contributed by atoms with E-state index in [1.807, 2.05) is 11.8 Å². The second-order valence-corrected chi connectivity index (χ2v) is 6.26. The van der Waals surface area contributed by atoms with Gasteiger partial charge in [-0.2, -0.15) is 11.8 Å². The second-order valence-electron chi connectivity index (χ2n) is 5.27.